The van der Waals surface area contributed by atoms with Crippen LogP contribution in [0.25, 0.3) is 10.9 Å². The molecule has 3 aromatic rings. The third-order valence-corrected chi connectivity index (χ3v) is 6.44. The molecular formula is C24H24F3NO. The minimum Gasteiger partial charge on any atom is -0.489 e. The first-order valence-electron chi connectivity index (χ1n) is 10.5. The summed E-state index contributed by atoms with van der Waals surface area (Å²) in [6.45, 7) is 0.131. The summed E-state index contributed by atoms with van der Waals surface area (Å²) in [4.78, 5) is 3.45. The molecule has 0 radical (unpaired) electrons. The van der Waals surface area contributed by atoms with Crippen molar-refractivity contribution < 1.29 is 17.9 Å². The van der Waals surface area contributed by atoms with Crippen molar-refractivity contribution >= 4 is 10.9 Å². The van der Waals surface area contributed by atoms with Crippen LogP contribution in [0.5, 0.6) is 5.75 Å². The zero-order valence-electron chi connectivity index (χ0n) is 16.2. The molecule has 0 saturated heterocycles. The molecular weight excluding hydrogens is 375 g/mol. The Morgan fingerprint density at radius 3 is 2.59 bits per heavy atom. The number of alkyl halides is 3. The van der Waals surface area contributed by atoms with Gasteiger partial charge in [-0.05, 0) is 79.0 Å². The quantitative estimate of drug-likeness (QED) is 0.506. The molecule has 1 N–H and O–H groups in total. The van der Waals surface area contributed by atoms with Gasteiger partial charge in [0.1, 0.15) is 12.4 Å². The second-order valence-electron chi connectivity index (χ2n) is 8.33. The molecule has 0 unspecified atom stereocenters. The van der Waals surface area contributed by atoms with Crippen molar-refractivity contribution in [2.24, 2.45) is 0 Å². The number of aryl methyl sites for hydroxylation is 2. The van der Waals surface area contributed by atoms with Gasteiger partial charge in [-0.15, -0.1) is 0 Å². The van der Waals surface area contributed by atoms with Crippen LogP contribution < -0.4 is 4.74 Å². The Kier molecular flexibility index (Phi) is 4.56. The van der Waals surface area contributed by atoms with Gasteiger partial charge in [0.25, 0.3) is 0 Å². The van der Waals surface area contributed by atoms with Crippen LogP contribution in [0.4, 0.5) is 13.2 Å². The number of benzene rings is 2. The summed E-state index contributed by atoms with van der Waals surface area (Å²) in [6.07, 6.45) is 2.69. The van der Waals surface area contributed by atoms with E-state index in [1.165, 1.54) is 22.7 Å². The Bertz CT molecular complexity index is 1040. The molecule has 2 aliphatic rings. The number of halogens is 3. The number of nitrogens with one attached hydrogen (secondary N) is 1. The number of aromatic amines is 1. The van der Waals surface area contributed by atoms with Gasteiger partial charge in [0.05, 0.1) is 5.56 Å². The number of ether oxygens (including phenoxy) is 1. The van der Waals surface area contributed by atoms with Gasteiger partial charge in [0, 0.05) is 16.6 Å². The largest absolute Gasteiger partial charge is 0.489 e. The minimum atomic E-state index is -4.33. The van der Waals surface area contributed by atoms with E-state index in [0.29, 0.717) is 16.9 Å². The first-order valence-corrected chi connectivity index (χ1v) is 10.5. The first kappa shape index (κ1) is 18.6. The van der Waals surface area contributed by atoms with Crippen LogP contribution in [-0.2, 0) is 25.6 Å². The normalized spacial score (nSPS) is 17.2. The standard InChI is InChI=1S/C24H24F3NO/c25-24(26,27)21-12-15(8-10-18(21)16-4-1-2-5-16)14-29-17-9-11-23-20(13-17)19-6-3-7-22(19)28-23/h8-13,16,28H,1-7,14H2. The van der Waals surface area contributed by atoms with Crippen LogP contribution in [0.2, 0.25) is 0 Å². The van der Waals surface area contributed by atoms with E-state index in [4.69, 9.17) is 4.74 Å². The smallest absolute Gasteiger partial charge is 0.416 e. The monoisotopic (exact) mass is 399 g/mol. The third kappa shape index (κ3) is 3.52. The molecule has 1 saturated carbocycles. The van der Waals surface area contributed by atoms with Crippen LogP contribution in [0.1, 0.15) is 66.0 Å². The number of aromatic nitrogens is 1. The van der Waals surface area contributed by atoms with Crippen molar-refractivity contribution in [2.75, 3.05) is 0 Å². The molecule has 2 nitrogen and oxygen atoms in total. The Hall–Kier alpha value is -2.43. The van der Waals surface area contributed by atoms with Crippen molar-refractivity contribution in [1.29, 1.82) is 0 Å². The van der Waals surface area contributed by atoms with E-state index in [9.17, 15) is 13.2 Å². The third-order valence-electron chi connectivity index (χ3n) is 6.44. The van der Waals surface area contributed by atoms with Gasteiger partial charge in [-0.1, -0.05) is 25.0 Å². The molecule has 2 aliphatic carbocycles. The average molecular weight is 399 g/mol. The van der Waals surface area contributed by atoms with Crippen molar-refractivity contribution in [2.45, 2.75) is 63.6 Å². The van der Waals surface area contributed by atoms with Gasteiger partial charge < -0.3 is 9.72 Å². The van der Waals surface area contributed by atoms with E-state index in [-0.39, 0.29) is 12.5 Å². The Balaban J connectivity index is 1.38. The molecule has 2 aromatic carbocycles. The molecule has 0 aliphatic heterocycles. The summed E-state index contributed by atoms with van der Waals surface area (Å²) >= 11 is 0. The molecule has 0 spiro atoms. The van der Waals surface area contributed by atoms with Gasteiger partial charge in [-0.2, -0.15) is 13.2 Å². The zero-order valence-corrected chi connectivity index (χ0v) is 16.2. The lowest BCUT2D eigenvalue weighted by Gasteiger charge is -2.19. The molecule has 0 bridgehead atoms. The Morgan fingerprint density at radius 2 is 1.79 bits per heavy atom. The maximum Gasteiger partial charge on any atom is 0.416 e. The molecule has 1 heterocycles. The summed E-state index contributed by atoms with van der Waals surface area (Å²) in [5, 5.41) is 1.17. The zero-order chi connectivity index (χ0) is 20.0. The predicted molar refractivity (Wildman–Crippen MR) is 107 cm³/mol. The SMILES string of the molecule is FC(F)(F)c1cc(COc2ccc3[nH]c4c(c3c2)CCC4)ccc1C1CCCC1. The van der Waals surface area contributed by atoms with Crippen molar-refractivity contribution in [3.8, 4) is 5.75 Å². The molecule has 29 heavy (non-hydrogen) atoms. The molecule has 0 atom stereocenters. The lowest BCUT2D eigenvalue weighted by Crippen LogP contribution is -2.12. The summed E-state index contributed by atoms with van der Waals surface area (Å²) in [5.41, 5.74) is 4.26. The maximum atomic E-state index is 13.7. The second-order valence-corrected chi connectivity index (χ2v) is 8.33. The molecule has 1 aromatic heterocycles. The number of rotatable bonds is 4. The molecule has 152 valence electrons. The van der Waals surface area contributed by atoms with Crippen LogP contribution in [0, 0.1) is 0 Å². The average Bonchev–Trinajstić information content (AvgIpc) is 3.43. The van der Waals surface area contributed by atoms with Crippen molar-refractivity contribution in [1.82, 2.24) is 4.98 Å². The van der Waals surface area contributed by atoms with E-state index in [1.54, 1.807) is 12.1 Å². The fourth-order valence-corrected chi connectivity index (χ4v) is 5.01. The van der Waals surface area contributed by atoms with Crippen LogP contribution >= 0.6 is 0 Å². The van der Waals surface area contributed by atoms with Gasteiger partial charge in [0.15, 0.2) is 0 Å². The van der Waals surface area contributed by atoms with Crippen molar-refractivity contribution in [3.05, 3.63) is 64.3 Å². The fraction of sp³-hybridized carbons (Fsp3) is 0.417. The van der Waals surface area contributed by atoms with Gasteiger partial charge >= 0.3 is 6.18 Å². The van der Waals surface area contributed by atoms with E-state index in [2.05, 4.69) is 4.98 Å². The van der Waals surface area contributed by atoms with Gasteiger partial charge in [-0.3, -0.25) is 0 Å². The van der Waals surface area contributed by atoms with Crippen LogP contribution in [0.15, 0.2) is 36.4 Å². The highest BCUT2D eigenvalue weighted by atomic mass is 19.4. The lowest BCUT2D eigenvalue weighted by atomic mass is 9.91. The highest BCUT2D eigenvalue weighted by molar-refractivity contribution is 5.86. The number of hydrogen-bond acceptors (Lipinski definition) is 1. The number of fused-ring (bicyclic) bond motifs is 3. The van der Waals surface area contributed by atoms with E-state index >= 15 is 0 Å². The lowest BCUT2D eigenvalue weighted by molar-refractivity contribution is -0.138. The van der Waals surface area contributed by atoms with E-state index < -0.39 is 11.7 Å². The topological polar surface area (TPSA) is 25.0 Å². The number of H-pyrrole nitrogens is 1. The molecule has 5 heteroatoms. The minimum absolute atomic E-state index is 0.0275. The van der Waals surface area contributed by atoms with Crippen molar-refractivity contribution in [3.63, 3.8) is 0 Å². The van der Waals surface area contributed by atoms with Gasteiger partial charge in [0.2, 0.25) is 0 Å². The summed E-state index contributed by atoms with van der Waals surface area (Å²) in [5.74, 6) is 0.722. The Morgan fingerprint density at radius 1 is 0.966 bits per heavy atom. The summed E-state index contributed by atoms with van der Waals surface area (Å²) in [7, 11) is 0. The molecule has 1 fully saturated rings. The fourth-order valence-electron chi connectivity index (χ4n) is 5.01. The number of hydrogen-bond donors (Lipinski definition) is 1. The maximum absolute atomic E-state index is 13.7. The predicted octanol–water partition coefficient (Wildman–Crippen LogP) is 6.91. The molecule has 0 amide bonds. The second kappa shape index (κ2) is 7.12. The first-order chi connectivity index (χ1) is 14.0. The summed E-state index contributed by atoms with van der Waals surface area (Å²) < 4.78 is 46.9. The highest BCUT2D eigenvalue weighted by Gasteiger charge is 2.36. The molecule has 5 rings (SSSR count). The van der Waals surface area contributed by atoms with E-state index in [1.807, 2.05) is 18.2 Å². The van der Waals surface area contributed by atoms with E-state index in [0.717, 1.165) is 50.5 Å². The highest BCUT2D eigenvalue weighted by Crippen LogP contribution is 2.42. The van der Waals surface area contributed by atoms with Crippen LogP contribution in [-0.4, -0.2) is 4.98 Å². The Labute approximate surface area is 168 Å². The van der Waals surface area contributed by atoms with Gasteiger partial charge in [-0.25, -0.2) is 0 Å². The summed E-state index contributed by atoms with van der Waals surface area (Å²) in [6, 6.07) is 10.6. The van der Waals surface area contributed by atoms with Crippen LogP contribution in [0.3, 0.4) is 0 Å².